The van der Waals surface area contributed by atoms with Crippen molar-refractivity contribution in [1.82, 2.24) is 9.97 Å². The molecule has 0 radical (unpaired) electrons. The Morgan fingerprint density at radius 1 is 1.33 bits per heavy atom. The van der Waals surface area contributed by atoms with Crippen LogP contribution >= 0.6 is 0 Å². The molecule has 0 saturated heterocycles. The highest BCUT2D eigenvalue weighted by atomic mass is 16.6. The second-order valence-corrected chi connectivity index (χ2v) is 3.56. The van der Waals surface area contributed by atoms with Gasteiger partial charge in [0.05, 0.1) is 11.3 Å². The third-order valence-corrected chi connectivity index (χ3v) is 2.45. The van der Waals surface area contributed by atoms with E-state index in [9.17, 15) is 14.9 Å². The highest BCUT2D eigenvalue weighted by molar-refractivity contribution is 5.66. The number of nitrogens with one attached hydrogen (secondary N) is 1. The fraction of sp³-hybridized carbons (Fsp3) is 0.0909. The Balaban J connectivity index is 2.55. The zero-order valence-corrected chi connectivity index (χ0v) is 9.53. The Bertz CT molecular complexity index is 624. The van der Waals surface area contributed by atoms with Crippen molar-refractivity contribution < 1.29 is 4.92 Å². The highest BCUT2D eigenvalue weighted by Crippen LogP contribution is 2.26. The second-order valence-electron chi connectivity index (χ2n) is 3.56. The molecular weight excluding hydrogens is 236 g/mol. The average Bonchev–Trinajstić information content (AvgIpc) is 2.38. The van der Waals surface area contributed by atoms with E-state index in [0.717, 1.165) is 6.33 Å². The molecule has 1 N–H and O–H groups in total. The first kappa shape index (κ1) is 11.8. The molecule has 0 fully saturated rings. The van der Waals surface area contributed by atoms with Crippen LogP contribution in [-0.2, 0) is 0 Å². The van der Waals surface area contributed by atoms with E-state index in [4.69, 9.17) is 0 Å². The first-order chi connectivity index (χ1) is 8.61. The molecule has 2 aromatic rings. The number of hydrogen-bond donors (Lipinski definition) is 1. The van der Waals surface area contributed by atoms with Gasteiger partial charge < -0.3 is 9.88 Å². The standard InChI is InChI=1S/C11H10N4O3/c1-14(8-5-3-2-4-6-8)10-9(15(17)18)11(16)13-7-12-10/h2-7H,1H3,(H,12,13,16). The summed E-state index contributed by atoms with van der Waals surface area (Å²) in [5, 5.41) is 10.9. The van der Waals surface area contributed by atoms with Crippen molar-refractivity contribution in [2.24, 2.45) is 0 Å². The number of benzene rings is 1. The Labute approximate surface area is 102 Å². The third-order valence-electron chi connectivity index (χ3n) is 2.45. The van der Waals surface area contributed by atoms with Gasteiger partial charge >= 0.3 is 11.2 Å². The summed E-state index contributed by atoms with van der Waals surface area (Å²) >= 11 is 0. The first-order valence-corrected chi connectivity index (χ1v) is 5.12. The molecule has 7 nitrogen and oxygen atoms in total. The van der Waals surface area contributed by atoms with Crippen LogP contribution in [0.25, 0.3) is 0 Å². The van der Waals surface area contributed by atoms with Gasteiger partial charge in [0.25, 0.3) is 0 Å². The maximum Gasteiger partial charge on any atom is 0.376 e. The number of rotatable bonds is 3. The fourth-order valence-electron chi connectivity index (χ4n) is 1.57. The maximum absolute atomic E-state index is 11.5. The lowest BCUT2D eigenvalue weighted by atomic mass is 10.3. The van der Waals surface area contributed by atoms with Crippen molar-refractivity contribution in [2.45, 2.75) is 0 Å². The van der Waals surface area contributed by atoms with Gasteiger partial charge in [-0.1, -0.05) is 18.2 Å². The lowest BCUT2D eigenvalue weighted by Crippen LogP contribution is -2.20. The molecule has 0 saturated carbocycles. The average molecular weight is 246 g/mol. The largest absolute Gasteiger partial charge is 0.376 e. The molecule has 18 heavy (non-hydrogen) atoms. The van der Waals surface area contributed by atoms with Gasteiger partial charge in [-0.2, -0.15) is 0 Å². The van der Waals surface area contributed by atoms with Crippen LogP contribution in [0.15, 0.2) is 41.5 Å². The molecule has 92 valence electrons. The molecule has 2 rings (SSSR count). The van der Waals surface area contributed by atoms with Crippen molar-refractivity contribution in [3.05, 3.63) is 57.1 Å². The van der Waals surface area contributed by atoms with E-state index in [1.807, 2.05) is 6.07 Å². The number of para-hydroxylation sites is 1. The summed E-state index contributed by atoms with van der Waals surface area (Å²) in [6, 6.07) is 8.96. The van der Waals surface area contributed by atoms with E-state index in [0.29, 0.717) is 5.69 Å². The van der Waals surface area contributed by atoms with Gasteiger partial charge in [0.1, 0.15) is 0 Å². The summed E-state index contributed by atoms with van der Waals surface area (Å²) < 4.78 is 0. The van der Waals surface area contributed by atoms with Gasteiger partial charge in [0.15, 0.2) is 0 Å². The number of nitro groups is 1. The summed E-state index contributed by atoms with van der Waals surface area (Å²) in [5.41, 5.74) is -0.629. The molecule has 1 aromatic heterocycles. The molecule has 0 aliphatic rings. The SMILES string of the molecule is CN(c1ccccc1)c1nc[nH]c(=O)c1[N+](=O)[O-]. The summed E-state index contributed by atoms with van der Waals surface area (Å²) in [6.45, 7) is 0. The van der Waals surface area contributed by atoms with Crippen LogP contribution in [-0.4, -0.2) is 21.9 Å². The van der Waals surface area contributed by atoms with Gasteiger partial charge in [0, 0.05) is 12.7 Å². The number of aromatic nitrogens is 2. The second kappa shape index (κ2) is 4.66. The van der Waals surface area contributed by atoms with Gasteiger partial charge in [0.2, 0.25) is 5.82 Å². The monoisotopic (exact) mass is 246 g/mol. The van der Waals surface area contributed by atoms with Crippen LogP contribution in [0.2, 0.25) is 0 Å². The number of nitrogens with zero attached hydrogens (tertiary/aromatic N) is 3. The van der Waals surface area contributed by atoms with E-state index in [1.165, 1.54) is 4.90 Å². The molecule has 0 unspecified atom stereocenters. The molecule has 0 bridgehead atoms. The molecule has 1 aromatic carbocycles. The first-order valence-electron chi connectivity index (χ1n) is 5.12. The molecule has 0 amide bonds. The van der Waals surface area contributed by atoms with Gasteiger partial charge in [-0.25, -0.2) is 4.98 Å². The van der Waals surface area contributed by atoms with Gasteiger partial charge in [-0.05, 0) is 12.1 Å². The van der Waals surface area contributed by atoms with Crippen molar-refractivity contribution in [1.29, 1.82) is 0 Å². The number of aromatic amines is 1. The molecule has 0 aliphatic heterocycles. The Morgan fingerprint density at radius 3 is 2.61 bits per heavy atom. The fourth-order valence-corrected chi connectivity index (χ4v) is 1.57. The van der Waals surface area contributed by atoms with Crippen molar-refractivity contribution in [3.63, 3.8) is 0 Å². The zero-order valence-electron chi connectivity index (χ0n) is 9.53. The topological polar surface area (TPSA) is 92.1 Å². The van der Waals surface area contributed by atoms with Crippen LogP contribution in [0.5, 0.6) is 0 Å². The summed E-state index contributed by atoms with van der Waals surface area (Å²) in [4.78, 5) is 29.2. The number of hydrogen-bond acceptors (Lipinski definition) is 5. The minimum absolute atomic E-state index is 0.00921. The summed E-state index contributed by atoms with van der Waals surface area (Å²) in [6.07, 6.45) is 1.14. The molecular formula is C11H10N4O3. The lowest BCUT2D eigenvalue weighted by molar-refractivity contribution is -0.385. The smallest absolute Gasteiger partial charge is 0.324 e. The van der Waals surface area contributed by atoms with Crippen LogP contribution in [0.3, 0.4) is 0 Å². The molecule has 0 atom stereocenters. The van der Waals surface area contributed by atoms with Crippen LogP contribution < -0.4 is 10.5 Å². The van der Waals surface area contributed by atoms with Gasteiger partial charge in [-0.15, -0.1) is 0 Å². The van der Waals surface area contributed by atoms with E-state index >= 15 is 0 Å². The van der Waals surface area contributed by atoms with Crippen LogP contribution in [0.1, 0.15) is 0 Å². The molecule has 0 aliphatic carbocycles. The quantitative estimate of drug-likeness (QED) is 0.653. The maximum atomic E-state index is 11.5. The predicted octanol–water partition coefficient (Wildman–Crippen LogP) is 1.45. The molecule has 0 spiro atoms. The van der Waals surface area contributed by atoms with Crippen LogP contribution in [0, 0.1) is 10.1 Å². The van der Waals surface area contributed by atoms with Crippen molar-refractivity contribution in [3.8, 4) is 0 Å². The minimum atomic E-state index is -0.771. The van der Waals surface area contributed by atoms with Gasteiger partial charge in [-0.3, -0.25) is 14.9 Å². The molecule has 1 heterocycles. The Morgan fingerprint density at radius 2 is 2.00 bits per heavy atom. The minimum Gasteiger partial charge on any atom is -0.324 e. The predicted molar refractivity (Wildman–Crippen MR) is 66.0 cm³/mol. The van der Waals surface area contributed by atoms with Crippen molar-refractivity contribution in [2.75, 3.05) is 11.9 Å². The van der Waals surface area contributed by atoms with E-state index in [-0.39, 0.29) is 5.82 Å². The summed E-state index contributed by atoms with van der Waals surface area (Å²) in [7, 11) is 1.62. The van der Waals surface area contributed by atoms with E-state index < -0.39 is 16.2 Å². The highest BCUT2D eigenvalue weighted by Gasteiger charge is 2.23. The third kappa shape index (κ3) is 2.05. The van der Waals surface area contributed by atoms with Crippen molar-refractivity contribution >= 4 is 17.2 Å². The normalized spacial score (nSPS) is 10.1. The number of H-pyrrole nitrogens is 1. The summed E-state index contributed by atoms with van der Waals surface area (Å²) in [5.74, 6) is 0.00921. The Kier molecular flexibility index (Phi) is 3.05. The molecule has 7 heteroatoms. The van der Waals surface area contributed by atoms with Crippen LogP contribution in [0.4, 0.5) is 17.2 Å². The number of anilines is 2. The lowest BCUT2D eigenvalue weighted by Gasteiger charge is -2.17. The Hall–Kier alpha value is -2.70. The zero-order chi connectivity index (χ0) is 13.1. The van der Waals surface area contributed by atoms with E-state index in [2.05, 4.69) is 9.97 Å². The van der Waals surface area contributed by atoms with E-state index in [1.54, 1.807) is 31.3 Å².